The Morgan fingerprint density at radius 3 is 2.57 bits per heavy atom. The minimum Gasteiger partial charge on any atom is -0.399 e. The van der Waals surface area contributed by atoms with E-state index in [1.54, 1.807) is 11.8 Å². The molecule has 28 heavy (non-hydrogen) atoms. The maximum Gasteiger partial charge on any atom is 0.211 e. The molecule has 0 unspecified atom stereocenters. The highest BCUT2D eigenvalue weighted by Crippen LogP contribution is 2.46. The van der Waals surface area contributed by atoms with Crippen LogP contribution in [0.5, 0.6) is 0 Å². The third-order valence-electron chi connectivity index (χ3n) is 6.50. The molecule has 2 aromatic heterocycles. The number of fused-ring (bicyclic) bond motifs is 1. The Kier molecular flexibility index (Phi) is 4.44. The predicted octanol–water partition coefficient (Wildman–Crippen LogP) is 3.56. The zero-order valence-corrected chi connectivity index (χ0v) is 16.7. The normalized spacial score (nSPS) is 21.6. The van der Waals surface area contributed by atoms with Gasteiger partial charge in [0.1, 0.15) is 0 Å². The SMILES string of the molecule is Nc1ccc(Sc2cnc(N3CCC4(CCC[C@H]4N)CC3)n3ccnc23)cc1. The summed E-state index contributed by atoms with van der Waals surface area (Å²) in [6, 6.07) is 8.27. The third-order valence-corrected chi connectivity index (χ3v) is 7.52. The van der Waals surface area contributed by atoms with Crippen LogP contribution in [-0.4, -0.2) is 33.5 Å². The number of nitrogens with two attached hydrogens (primary N) is 2. The number of imidazole rings is 1. The molecule has 7 heteroatoms. The summed E-state index contributed by atoms with van der Waals surface area (Å²) in [7, 11) is 0. The van der Waals surface area contributed by atoms with Crippen LogP contribution in [0.2, 0.25) is 0 Å². The maximum absolute atomic E-state index is 6.45. The van der Waals surface area contributed by atoms with Gasteiger partial charge in [0.05, 0.1) is 4.90 Å². The van der Waals surface area contributed by atoms with Crippen molar-refractivity contribution in [2.75, 3.05) is 23.7 Å². The minimum atomic E-state index is 0.357. The predicted molar refractivity (Wildman–Crippen MR) is 114 cm³/mol. The number of piperidine rings is 1. The van der Waals surface area contributed by atoms with Gasteiger partial charge in [-0.15, -0.1) is 0 Å². The van der Waals surface area contributed by atoms with Gasteiger partial charge in [-0.3, -0.25) is 4.40 Å². The Bertz CT molecular complexity index is 974. The monoisotopic (exact) mass is 394 g/mol. The van der Waals surface area contributed by atoms with Crippen LogP contribution in [0.25, 0.3) is 5.65 Å². The number of hydrogen-bond donors (Lipinski definition) is 2. The summed E-state index contributed by atoms with van der Waals surface area (Å²) in [5.41, 5.74) is 14.3. The lowest BCUT2D eigenvalue weighted by Gasteiger charge is -2.42. The van der Waals surface area contributed by atoms with Crippen molar-refractivity contribution in [3.63, 3.8) is 0 Å². The highest BCUT2D eigenvalue weighted by molar-refractivity contribution is 7.99. The number of anilines is 2. The van der Waals surface area contributed by atoms with Crippen molar-refractivity contribution in [3.05, 3.63) is 42.9 Å². The largest absolute Gasteiger partial charge is 0.399 e. The Labute approximate surface area is 169 Å². The highest BCUT2D eigenvalue weighted by atomic mass is 32.2. The Morgan fingerprint density at radius 2 is 1.86 bits per heavy atom. The van der Waals surface area contributed by atoms with Crippen LogP contribution in [0, 0.1) is 5.41 Å². The van der Waals surface area contributed by atoms with Crippen LogP contribution in [0.4, 0.5) is 11.6 Å². The van der Waals surface area contributed by atoms with Crippen LogP contribution in [-0.2, 0) is 0 Å². The first-order chi connectivity index (χ1) is 13.6. The molecule has 0 bridgehead atoms. The van der Waals surface area contributed by atoms with Crippen LogP contribution in [0.3, 0.4) is 0 Å². The van der Waals surface area contributed by atoms with Gasteiger partial charge in [0.2, 0.25) is 5.95 Å². The number of aromatic nitrogens is 3. The van der Waals surface area contributed by atoms with Crippen molar-refractivity contribution in [1.82, 2.24) is 14.4 Å². The van der Waals surface area contributed by atoms with Crippen LogP contribution < -0.4 is 16.4 Å². The topological polar surface area (TPSA) is 85.5 Å². The minimum absolute atomic E-state index is 0.357. The fourth-order valence-electron chi connectivity index (χ4n) is 4.79. The average molecular weight is 395 g/mol. The molecule has 1 atom stereocenters. The van der Waals surface area contributed by atoms with E-state index in [-0.39, 0.29) is 0 Å². The van der Waals surface area contributed by atoms with Crippen molar-refractivity contribution in [2.24, 2.45) is 11.1 Å². The van der Waals surface area contributed by atoms with Gasteiger partial charge in [0.25, 0.3) is 0 Å². The molecule has 4 N–H and O–H groups in total. The maximum atomic E-state index is 6.45. The van der Waals surface area contributed by atoms with Gasteiger partial charge in [-0.1, -0.05) is 18.2 Å². The molecular weight excluding hydrogens is 368 g/mol. The molecular formula is C21H26N6S. The summed E-state index contributed by atoms with van der Waals surface area (Å²) >= 11 is 1.66. The van der Waals surface area contributed by atoms with Crippen molar-refractivity contribution >= 4 is 29.0 Å². The van der Waals surface area contributed by atoms with E-state index in [2.05, 4.69) is 14.3 Å². The van der Waals surface area contributed by atoms with Gasteiger partial charge in [-0.2, -0.15) is 0 Å². The van der Waals surface area contributed by atoms with E-state index in [9.17, 15) is 0 Å². The first-order valence-electron chi connectivity index (χ1n) is 10.0. The van der Waals surface area contributed by atoms with Gasteiger partial charge < -0.3 is 16.4 Å². The molecule has 1 spiro atoms. The van der Waals surface area contributed by atoms with E-state index in [4.69, 9.17) is 16.5 Å². The molecule has 5 rings (SSSR count). The average Bonchev–Trinajstić information content (AvgIpc) is 3.33. The number of benzene rings is 1. The van der Waals surface area contributed by atoms with E-state index in [1.807, 2.05) is 42.9 Å². The quantitative estimate of drug-likeness (QED) is 0.661. The van der Waals surface area contributed by atoms with Crippen molar-refractivity contribution in [2.45, 2.75) is 47.9 Å². The summed E-state index contributed by atoms with van der Waals surface area (Å²) < 4.78 is 2.12. The molecule has 6 nitrogen and oxygen atoms in total. The number of nitrogens with zero attached hydrogens (tertiary/aromatic N) is 4. The smallest absolute Gasteiger partial charge is 0.211 e. The van der Waals surface area contributed by atoms with E-state index in [0.717, 1.165) is 53.0 Å². The van der Waals surface area contributed by atoms with Crippen LogP contribution in [0.15, 0.2) is 52.6 Å². The molecule has 1 aliphatic carbocycles. The molecule has 146 valence electrons. The molecule has 1 aliphatic heterocycles. The van der Waals surface area contributed by atoms with E-state index in [1.165, 1.54) is 19.3 Å². The molecule has 0 amide bonds. The van der Waals surface area contributed by atoms with E-state index >= 15 is 0 Å². The fraction of sp³-hybridized carbons (Fsp3) is 0.429. The molecule has 1 saturated carbocycles. The molecule has 3 aromatic rings. The summed E-state index contributed by atoms with van der Waals surface area (Å²) in [5.74, 6) is 0.982. The second kappa shape index (κ2) is 6.97. The standard InChI is InChI=1S/C21H26N6S/c22-15-3-5-16(6-4-15)28-17-14-25-20(27-13-10-24-19(17)27)26-11-8-21(9-12-26)7-1-2-18(21)23/h3-6,10,13-14,18H,1-2,7-9,11-12,22-23H2/t18-/m1/s1. The van der Waals surface area contributed by atoms with Gasteiger partial charge in [0.15, 0.2) is 5.65 Å². The van der Waals surface area contributed by atoms with Crippen molar-refractivity contribution in [3.8, 4) is 0 Å². The molecule has 0 radical (unpaired) electrons. The zero-order valence-electron chi connectivity index (χ0n) is 15.9. The second-order valence-electron chi connectivity index (χ2n) is 8.06. The van der Waals surface area contributed by atoms with Crippen molar-refractivity contribution < 1.29 is 0 Å². The van der Waals surface area contributed by atoms with Gasteiger partial charge in [0, 0.05) is 48.3 Å². The van der Waals surface area contributed by atoms with E-state index in [0.29, 0.717) is 11.5 Å². The molecule has 2 aliphatic rings. The summed E-state index contributed by atoms with van der Waals surface area (Å²) in [6.07, 6.45) is 11.9. The number of hydrogen-bond acceptors (Lipinski definition) is 6. The molecule has 3 heterocycles. The third kappa shape index (κ3) is 3.02. The van der Waals surface area contributed by atoms with Gasteiger partial charge >= 0.3 is 0 Å². The van der Waals surface area contributed by atoms with Gasteiger partial charge in [-0.05, 0) is 55.4 Å². The van der Waals surface area contributed by atoms with Crippen LogP contribution in [0.1, 0.15) is 32.1 Å². The zero-order chi connectivity index (χ0) is 19.1. The lowest BCUT2D eigenvalue weighted by atomic mass is 9.74. The van der Waals surface area contributed by atoms with Crippen molar-refractivity contribution in [1.29, 1.82) is 0 Å². The van der Waals surface area contributed by atoms with E-state index < -0.39 is 0 Å². The Hall–Kier alpha value is -2.25. The number of rotatable bonds is 3. The first kappa shape index (κ1) is 17.8. The fourth-order valence-corrected chi connectivity index (χ4v) is 5.66. The molecule has 1 aromatic carbocycles. The first-order valence-corrected chi connectivity index (χ1v) is 10.8. The lowest BCUT2D eigenvalue weighted by Crippen LogP contribution is -2.47. The summed E-state index contributed by atoms with van der Waals surface area (Å²) in [5, 5.41) is 0. The highest BCUT2D eigenvalue weighted by Gasteiger charge is 2.43. The van der Waals surface area contributed by atoms with Crippen LogP contribution >= 0.6 is 11.8 Å². The second-order valence-corrected chi connectivity index (χ2v) is 9.18. The molecule has 2 fully saturated rings. The Balaban J connectivity index is 1.40. The summed E-state index contributed by atoms with van der Waals surface area (Å²) in [6.45, 7) is 2.02. The Morgan fingerprint density at radius 1 is 1.07 bits per heavy atom. The lowest BCUT2D eigenvalue weighted by molar-refractivity contribution is 0.197. The summed E-state index contributed by atoms with van der Waals surface area (Å²) in [4.78, 5) is 14.0. The number of nitrogen functional groups attached to an aromatic ring is 1. The van der Waals surface area contributed by atoms with Gasteiger partial charge in [-0.25, -0.2) is 9.97 Å². The molecule has 1 saturated heterocycles.